The number of likely N-dealkylation sites (tertiary alicyclic amines) is 1. The minimum absolute atomic E-state index is 0.747. The van der Waals surface area contributed by atoms with Gasteiger partial charge >= 0.3 is 0 Å². The predicted molar refractivity (Wildman–Crippen MR) is 50.2 cm³/mol. The summed E-state index contributed by atoms with van der Waals surface area (Å²) in [4.78, 5) is 2.48. The fourth-order valence-corrected chi connectivity index (χ4v) is 1.50. The highest BCUT2D eigenvalue weighted by Gasteiger charge is 2.08. The van der Waals surface area contributed by atoms with Gasteiger partial charge in [0.1, 0.15) is 0 Å². The second-order valence-corrected chi connectivity index (χ2v) is 3.33. The van der Waals surface area contributed by atoms with Gasteiger partial charge in [-0.2, -0.15) is 0 Å². The van der Waals surface area contributed by atoms with Crippen molar-refractivity contribution in [3.63, 3.8) is 0 Å². The number of hydrogen-bond donors (Lipinski definition) is 0. The van der Waals surface area contributed by atoms with Crippen molar-refractivity contribution in [3.05, 3.63) is 12.2 Å². The zero-order valence-corrected chi connectivity index (χ0v) is 7.69. The Hall–Kier alpha value is -0.0100. The number of nitrogens with zero attached hydrogens (tertiary/aromatic N) is 1. The van der Waals surface area contributed by atoms with Crippen LogP contribution in [0.2, 0.25) is 0 Å². The average molecular weight is 174 g/mol. The first-order valence-corrected chi connectivity index (χ1v) is 4.90. The summed E-state index contributed by atoms with van der Waals surface area (Å²) < 4.78 is 0. The Kier molecular flexibility index (Phi) is 4.64. The van der Waals surface area contributed by atoms with E-state index < -0.39 is 0 Å². The molecule has 1 saturated heterocycles. The van der Waals surface area contributed by atoms with Crippen LogP contribution in [0.3, 0.4) is 0 Å². The summed E-state index contributed by atoms with van der Waals surface area (Å²) in [5.41, 5.74) is 0. The highest BCUT2D eigenvalue weighted by molar-refractivity contribution is 6.17. The van der Waals surface area contributed by atoms with E-state index in [-0.39, 0.29) is 0 Å². The fraction of sp³-hybridized carbons (Fsp3) is 0.778. The van der Waals surface area contributed by atoms with Gasteiger partial charge in [0.05, 0.1) is 0 Å². The van der Waals surface area contributed by atoms with Crippen LogP contribution in [0.25, 0.3) is 0 Å². The Labute approximate surface area is 74.0 Å². The molecule has 0 atom stereocenters. The standard InChI is InChI=1S/C9H16ClN/c10-6-2-1-3-7-11-8-4-5-9-11/h1,3H,2,4-9H2. The average Bonchev–Trinajstić information content (AvgIpc) is 2.50. The molecule has 0 amide bonds. The zero-order valence-electron chi connectivity index (χ0n) is 6.93. The summed E-state index contributed by atoms with van der Waals surface area (Å²) in [5, 5.41) is 0. The minimum atomic E-state index is 0.747. The Morgan fingerprint density at radius 2 is 1.91 bits per heavy atom. The van der Waals surface area contributed by atoms with Gasteiger partial charge in [-0.3, -0.25) is 4.90 Å². The van der Waals surface area contributed by atoms with Crippen molar-refractivity contribution >= 4 is 11.6 Å². The quantitative estimate of drug-likeness (QED) is 0.466. The van der Waals surface area contributed by atoms with Gasteiger partial charge in [0, 0.05) is 12.4 Å². The van der Waals surface area contributed by atoms with E-state index in [0.717, 1.165) is 18.8 Å². The molecule has 11 heavy (non-hydrogen) atoms. The highest BCUT2D eigenvalue weighted by atomic mass is 35.5. The van der Waals surface area contributed by atoms with E-state index in [9.17, 15) is 0 Å². The summed E-state index contributed by atoms with van der Waals surface area (Å²) in [6.07, 6.45) is 8.17. The Morgan fingerprint density at radius 3 is 2.55 bits per heavy atom. The molecule has 1 heterocycles. The van der Waals surface area contributed by atoms with Crippen molar-refractivity contribution in [1.82, 2.24) is 4.90 Å². The molecule has 1 rings (SSSR count). The third kappa shape index (κ3) is 3.78. The number of hydrogen-bond acceptors (Lipinski definition) is 1. The summed E-state index contributed by atoms with van der Waals surface area (Å²) in [5.74, 6) is 0.747. The smallest absolute Gasteiger partial charge is 0.0258 e. The molecule has 64 valence electrons. The van der Waals surface area contributed by atoms with Crippen LogP contribution in [0.1, 0.15) is 19.3 Å². The SMILES string of the molecule is ClCCC=CCN1CCCC1. The molecule has 0 N–H and O–H groups in total. The van der Waals surface area contributed by atoms with Crippen LogP contribution < -0.4 is 0 Å². The second-order valence-electron chi connectivity index (χ2n) is 2.96. The molecule has 0 spiro atoms. The second kappa shape index (κ2) is 5.62. The first kappa shape index (κ1) is 9.08. The first-order valence-electron chi connectivity index (χ1n) is 4.37. The van der Waals surface area contributed by atoms with Crippen LogP contribution in [-0.2, 0) is 0 Å². The van der Waals surface area contributed by atoms with Crippen LogP contribution >= 0.6 is 11.6 Å². The molecule has 0 aromatic carbocycles. The van der Waals surface area contributed by atoms with Crippen LogP contribution in [0, 0.1) is 0 Å². The Bertz CT molecular complexity index is 117. The molecule has 0 aliphatic carbocycles. The molecule has 0 bridgehead atoms. The maximum atomic E-state index is 5.53. The lowest BCUT2D eigenvalue weighted by atomic mass is 10.4. The van der Waals surface area contributed by atoms with E-state index in [0.29, 0.717) is 0 Å². The molecule has 0 aromatic rings. The third-order valence-electron chi connectivity index (χ3n) is 2.00. The highest BCUT2D eigenvalue weighted by Crippen LogP contribution is 2.06. The Morgan fingerprint density at radius 1 is 1.18 bits per heavy atom. The molecule has 0 aromatic heterocycles. The minimum Gasteiger partial charge on any atom is -0.300 e. The molecule has 1 aliphatic heterocycles. The summed E-state index contributed by atoms with van der Waals surface area (Å²) in [6, 6.07) is 0. The lowest BCUT2D eigenvalue weighted by molar-refractivity contribution is 0.377. The fourth-order valence-electron chi connectivity index (χ4n) is 1.37. The Balaban J connectivity index is 2.01. The van der Waals surface area contributed by atoms with Gasteiger partial charge in [-0.25, -0.2) is 0 Å². The van der Waals surface area contributed by atoms with Gasteiger partial charge < -0.3 is 0 Å². The van der Waals surface area contributed by atoms with E-state index in [4.69, 9.17) is 11.6 Å². The van der Waals surface area contributed by atoms with Crippen molar-refractivity contribution in [3.8, 4) is 0 Å². The van der Waals surface area contributed by atoms with E-state index in [1.54, 1.807) is 0 Å². The van der Waals surface area contributed by atoms with Gasteiger partial charge in [-0.1, -0.05) is 12.2 Å². The molecule has 2 heteroatoms. The largest absolute Gasteiger partial charge is 0.300 e. The van der Waals surface area contributed by atoms with Crippen molar-refractivity contribution in [1.29, 1.82) is 0 Å². The molecule has 1 aliphatic rings. The maximum Gasteiger partial charge on any atom is 0.0258 e. The lowest BCUT2D eigenvalue weighted by Crippen LogP contribution is -2.18. The monoisotopic (exact) mass is 173 g/mol. The number of halogens is 1. The van der Waals surface area contributed by atoms with Crippen LogP contribution in [0.4, 0.5) is 0 Å². The van der Waals surface area contributed by atoms with Gasteiger partial charge in [0.25, 0.3) is 0 Å². The maximum absolute atomic E-state index is 5.53. The van der Waals surface area contributed by atoms with Gasteiger partial charge in [0.15, 0.2) is 0 Å². The predicted octanol–water partition coefficient (Wildman–Crippen LogP) is 2.27. The topological polar surface area (TPSA) is 3.24 Å². The van der Waals surface area contributed by atoms with Crippen LogP contribution in [0.5, 0.6) is 0 Å². The number of alkyl halides is 1. The molecular formula is C9H16ClN. The van der Waals surface area contributed by atoms with E-state index >= 15 is 0 Å². The molecule has 0 radical (unpaired) electrons. The van der Waals surface area contributed by atoms with Crippen molar-refractivity contribution in [2.45, 2.75) is 19.3 Å². The van der Waals surface area contributed by atoms with E-state index in [1.807, 2.05) is 0 Å². The van der Waals surface area contributed by atoms with Gasteiger partial charge in [-0.05, 0) is 32.4 Å². The van der Waals surface area contributed by atoms with Crippen LogP contribution in [-0.4, -0.2) is 30.4 Å². The van der Waals surface area contributed by atoms with Gasteiger partial charge in [-0.15, -0.1) is 11.6 Å². The molecule has 1 fully saturated rings. The van der Waals surface area contributed by atoms with Crippen molar-refractivity contribution < 1.29 is 0 Å². The molecule has 1 nitrogen and oxygen atoms in total. The lowest BCUT2D eigenvalue weighted by Gasteiger charge is -2.10. The molecular weight excluding hydrogens is 158 g/mol. The third-order valence-corrected chi connectivity index (χ3v) is 2.22. The summed E-state index contributed by atoms with van der Waals surface area (Å²) in [6.45, 7) is 3.69. The number of allylic oxidation sites excluding steroid dienone is 1. The molecule has 0 unspecified atom stereocenters. The van der Waals surface area contributed by atoms with E-state index in [2.05, 4.69) is 17.1 Å². The summed E-state index contributed by atoms with van der Waals surface area (Å²) >= 11 is 5.53. The van der Waals surface area contributed by atoms with Crippen molar-refractivity contribution in [2.75, 3.05) is 25.5 Å². The van der Waals surface area contributed by atoms with Gasteiger partial charge in [0.2, 0.25) is 0 Å². The number of rotatable bonds is 4. The van der Waals surface area contributed by atoms with Crippen LogP contribution in [0.15, 0.2) is 12.2 Å². The zero-order chi connectivity index (χ0) is 7.94. The van der Waals surface area contributed by atoms with E-state index in [1.165, 1.54) is 25.9 Å². The van der Waals surface area contributed by atoms with Crippen molar-refractivity contribution in [2.24, 2.45) is 0 Å². The summed E-state index contributed by atoms with van der Waals surface area (Å²) in [7, 11) is 0. The first-order chi connectivity index (χ1) is 5.43. The molecule has 0 saturated carbocycles. The normalized spacial score (nSPS) is 20.1.